The molecular formula is C12H9ClNO2. The van der Waals surface area contributed by atoms with Crippen LogP contribution in [0.1, 0.15) is 0 Å². The van der Waals surface area contributed by atoms with Crippen molar-refractivity contribution < 1.29 is 9.47 Å². The second kappa shape index (κ2) is 4.86. The minimum absolute atomic E-state index is 0.508. The summed E-state index contributed by atoms with van der Waals surface area (Å²) in [6, 6.07) is 9.72. The highest BCUT2D eigenvalue weighted by Gasteiger charge is 2.00. The first-order chi connectivity index (χ1) is 7.78. The van der Waals surface area contributed by atoms with Gasteiger partial charge in [-0.3, -0.25) is 4.98 Å². The molecule has 1 heterocycles. The van der Waals surface area contributed by atoms with Crippen LogP contribution in [-0.4, -0.2) is 12.1 Å². The van der Waals surface area contributed by atoms with Gasteiger partial charge in [-0.15, -0.1) is 0 Å². The van der Waals surface area contributed by atoms with E-state index in [0.29, 0.717) is 22.3 Å². The molecule has 81 valence electrons. The quantitative estimate of drug-likeness (QED) is 0.816. The number of benzene rings is 1. The second-order valence-corrected chi connectivity index (χ2v) is 3.44. The van der Waals surface area contributed by atoms with Gasteiger partial charge >= 0.3 is 0 Å². The van der Waals surface area contributed by atoms with Gasteiger partial charge in [-0.2, -0.15) is 0 Å². The van der Waals surface area contributed by atoms with Gasteiger partial charge in [0.2, 0.25) is 0 Å². The Morgan fingerprint density at radius 3 is 2.75 bits per heavy atom. The maximum absolute atomic E-state index is 5.79. The van der Waals surface area contributed by atoms with Crippen molar-refractivity contribution in [3.05, 3.63) is 47.7 Å². The lowest BCUT2D eigenvalue weighted by Crippen LogP contribution is -1.88. The van der Waals surface area contributed by atoms with Crippen LogP contribution in [0.15, 0.2) is 36.7 Å². The van der Waals surface area contributed by atoms with Crippen LogP contribution in [0.2, 0.25) is 5.02 Å². The predicted molar refractivity (Wildman–Crippen MR) is 61.2 cm³/mol. The Balaban J connectivity index is 2.20. The molecule has 0 saturated carbocycles. The molecule has 1 aromatic heterocycles. The van der Waals surface area contributed by atoms with Crippen molar-refractivity contribution in [3.8, 4) is 17.2 Å². The number of methoxy groups -OCH3 is 1. The summed E-state index contributed by atoms with van der Waals surface area (Å²) < 4.78 is 10.6. The molecule has 4 heteroatoms. The van der Waals surface area contributed by atoms with Crippen LogP contribution in [-0.2, 0) is 0 Å². The number of hydrogen-bond acceptors (Lipinski definition) is 3. The Bertz CT molecular complexity index is 488. The van der Waals surface area contributed by atoms with Crippen LogP contribution in [0, 0.1) is 6.07 Å². The minimum Gasteiger partial charge on any atom is -0.495 e. The monoisotopic (exact) mass is 234 g/mol. The summed E-state index contributed by atoms with van der Waals surface area (Å²) in [4.78, 5) is 3.98. The fourth-order valence-electron chi connectivity index (χ4n) is 1.18. The third kappa shape index (κ3) is 2.64. The number of pyridine rings is 1. The zero-order valence-corrected chi connectivity index (χ0v) is 9.36. The Kier molecular flexibility index (Phi) is 3.27. The highest BCUT2D eigenvalue weighted by Crippen LogP contribution is 2.25. The van der Waals surface area contributed by atoms with E-state index >= 15 is 0 Å². The lowest BCUT2D eigenvalue weighted by Gasteiger charge is -2.06. The Hall–Kier alpha value is -1.74. The van der Waals surface area contributed by atoms with E-state index in [4.69, 9.17) is 21.1 Å². The molecule has 16 heavy (non-hydrogen) atoms. The van der Waals surface area contributed by atoms with Gasteiger partial charge < -0.3 is 9.47 Å². The van der Waals surface area contributed by atoms with Crippen LogP contribution in [0.4, 0.5) is 0 Å². The Labute approximate surface area is 98.6 Å². The highest BCUT2D eigenvalue weighted by molar-refractivity contribution is 6.30. The van der Waals surface area contributed by atoms with Gasteiger partial charge in [-0.25, -0.2) is 0 Å². The molecule has 0 spiro atoms. The lowest BCUT2D eigenvalue weighted by atomic mass is 10.3. The number of aromatic nitrogens is 1. The van der Waals surface area contributed by atoms with E-state index in [1.165, 1.54) is 0 Å². The normalized spacial score (nSPS) is 9.88. The summed E-state index contributed by atoms with van der Waals surface area (Å²) in [6.07, 6.45) is 3.21. The number of rotatable bonds is 3. The maximum atomic E-state index is 5.79. The molecule has 0 aliphatic heterocycles. The molecule has 0 fully saturated rings. The van der Waals surface area contributed by atoms with Crippen molar-refractivity contribution in [2.75, 3.05) is 7.11 Å². The van der Waals surface area contributed by atoms with Crippen molar-refractivity contribution in [2.45, 2.75) is 0 Å². The first kappa shape index (κ1) is 10.8. The molecule has 3 nitrogen and oxygen atoms in total. The van der Waals surface area contributed by atoms with Gasteiger partial charge in [-0.05, 0) is 12.1 Å². The smallest absolute Gasteiger partial charge is 0.149 e. The first-order valence-corrected chi connectivity index (χ1v) is 5.00. The predicted octanol–water partition coefficient (Wildman–Crippen LogP) is 3.34. The number of hydrogen-bond donors (Lipinski definition) is 0. The molecule has 0 aliphatic rings. The molecule has 0 aliphatic carbocycles. The Morgan fingerprint density at radius 2 is 2.00 bits per heavy atom. The van der Waals surface area contributed by atoms with Crippen LogP contribution in [0.5, 0.6) is 17.2 Å². The maximum Gasteiger partial charge on any atom is 0.149 e. The van der Waals surface area contributed by atoms with Crippen molar-refractivity contribution in [1.29, 1.82) is 0 Å². The van der Waals surface area contributed by atoms with E-state index in [-0.39, 0.29) is 0 Å². The topological polar surface area (TPSA) is 31.4 Å². The molecule has 0 amide bonds. The van der Waals surface area contributed by atoms with Crippen LogP contribution >= 0.6 is 11.6 Å². The van der Waals surface area contributed by atoms with Crippen LogP contribution in [0.25, 0.3) is 0 Å². The average Bonchev–Trinajstić information content (AvgIpc) is 2.29. The average molecular weight is 235 g/mol. The first-order valence-electron chi connectivity index (χ1n) is 4.62. The van der Waals surface area contributed by atoms with E-state index in [0.717, 1.165) is 0 Å². The largest absolute Gasteiger partial charge is 0.495 e. The molecule has 0 N–H and O–H groups in total. The van der Waals surface area contributed by atoms with Crippen molar-refractivity contribution in [3.63, 3.8) is 0 Å². The SMILES string of the molecule is COc1cncc(Oc2cc[c]c(Cl)c2)c1. The summed E-state index contributed by atoms with van der Waals surface area (Å²) in [7, 11) is 1.58. The zero-order valence-electron chi connectivity index (χ0n) is 8.61. The van der Waals surface area contributed by atoms with Crippen molar-refractivity contribution in [1.82, 2.24) is 4.98 Å². The lowest BCUT2D eigenvalue weighted by molar-refractivity contribution is 0.406. The molecule has 1 radical (unpaired) electrons. The van der Waals surface area contributed by atoms with Gasteiger partial charge in [0.1, 0.15) is 17.2 Å². The number of halogens is 1. The summed E-state index contributed by atoms with van der Waals surface area (Å²) in [5.74, 6) is 1.88. The third-order valence-electron chi connectivity index (χ3n) is 1.90. The molecule has 0 saturated heterocycles. The van der Waals surface area contributed by atoms with E-state index in [1.54, 1.807) is 43.8 Å². The summed E-state index contributed by atoms with van der Waals surface area (Å²) in [6.45, 7) is 0. The van der Waals surface area contributed by atoms with Gasteiger partial charge in [-0.1, -0.05) is 11.6 Å². The van der Waals surface area contributed by atoms with Crippen molar-refractivity contribution in [2.24, 2.45) is 0 Å². The van der Waals surface area contributed by atoms with Gasteiger partial charge in [0.15, 0.2) is 0 Å². The van der Waals surface area contributed by atoms with Crippen LogP contribution < -0.4 is 9.47 Å². The van der Waals surface area contributed by atoms with E-state index in [9.17, 15) is 0 Å². The zero-order chi connectivity index (χ0) is 11.4. The standard InChI is InChI=1S/C12H9ClNO2/c1-15-11-6-12(8-14-7-11)16-10-4-2-3-9(13)5-10/h2,4-8H,1H3. The minimum atomic E-state index is 0.508. The highest BCUT2D eigenvalue weighted by atomic mass is 35.5. The summed E-state index contributed by atoms with van der Waals surface area (Å²) in [5, 5.41) is 0.508. The molecule has 2 aromatic rings. The number of nitrogens with zero attached hydrogens (tertiary/aromatic N) is 1. The summed E-state index contributed by atoms with van der Waals surface area (Å²) >= 11 is 5.79. The van der Waals surface area contributed by atoms with Crippen LogP contribution in [0.3, 0.4) is 0 Å². The second-order valence-electron chi connectivity index (χ2n) is 3.03. The molecule has 0 unspecified atom stereocenters. The fraction of sp³-hybridized carbons (Fsp3) is 0.0833. The summed E-state index contributed by atoms with van der Waals surface area (Å²) in [5.41, 5.74) is 0. The molecular weight excluding hydrogens is 226 g/mol. The number of ether oxygens (including phenoxy) is 2. The molecule has 2 rings (SSSR count). The van der Waals surface area contributed by atoms with Gasteiger partial charge in [0, 0.05) is 18.2 Å². The fourth-order valence-corrected chi connectivity index (χ4v) is 1.35. The van der Waals surface area contributed by atoms with E-state index in [2.05, 4.69) is 11.1 Å². The third-order valence-corrected chi connectivity index (χ3v) is 2.12. The van der Waals surface area contributed by atoms with Crippen molar-refractivity contribution >= 4 is 11.6 Å². The Morgan fingerprint density at radius 1 is 1.19 bits per heavy atom. The van der Waals surface area contributed by atoms with E-state index in [1.807, 2.05) is 0 Å². The molecule has 0 atom stereocenters. The molecule has 1 aromatic carbocycles. The van der Waals surface area contributed by atoms with Gasteiger partial charge in [0.05, 0.1) is 24.5 Å². The molecule has 0 bridgehead atoms. The van der Waals surface area contributed by atoms with E-state index < -0.39 is 0 Å². The van der Waals surface area contributed by atoms with Gasteiger partial charge in [0.25, 0.3) is 0 Å².